The van der Waals surface area contributed by atoms with Crippen molar-refractivity contribution in [3.63, 3.8) is 0 Å². The Morgan fingerprint density at radius 3 is 2.23 bits per heavy atom. The van der Waals surface area contributed by atoms with Gasteiger partial charge in [-0.3, -0.25) is 0 Å². The summed E-state index contributed by atoms with van der Waals surface area (Å²) in [4.78, 5) is 23.8. The number of ether oxygens (including phenoxy) is 2. The highest BCUT2D eigenvalue weighted by atomic mass is 16.6. The van der Waals surface area contributed by atoms with Crippen molar-refractivity contribution in [1.29, 1.82) is 0 Å². The second-order valence-corrected chi connectivity index (χ2v) is 5.67. The number of esters is 1. The molecule has 2 aromatic rings. The third kappa shape index (κ3) is 6.22. The fraction of sp³-hybridized carbons (Fsp3) is 0.300. The predicted molar refractivity (Wildman–Crippen MR) is 96.2 cm³/mol. The molecule has 26 heavy (non-hydrogen) atoms. The average molecular weight is 357 g/mol. The Bertz CT molecular complexity index is 690. The molecule has 138 valence electrons. The van der Waals surface area contributed by atoms with E-state index >= 15 is 0 Å². The summed E-state index contributed by atoms with van der Waals surface area (Å²) in [5.41, 5.74) is 1.62. The summed E-state index contributed by atoms with van der Waals surface area (Å²) in [6.07, 6.45) is -1.98. The van der Waals surface area contributed by atoms with Crippen LogP contribution >= 0.6 is 0 Å². The van der Waals surface area contributed by atoms with E-state index in [0.717, 1.165) is 11.1 Å². The van der Waals surface area contributed by atoms with Gasteiger partial charge in [0.25, 0.3) is 0 Å². The molecule has 6 heteroatoms. The Morgan fingerprint density at radius 1 is 1.00 bits per heavy atom. The van der Waals surface area contributed by atoms with Gasteiger partial charge in [-0.15, -0.1) is 0 Å². The zero-order chi connectivity index (χ0) is 18.8. The van der Waals surface area contributed by atoms with Gasteiger partial charge in [-0.1, -0.05) is 60.7 Å². The SMILES string of the molecule is CCOC(=O)[C@@H](O)C[C@@H](NC(=O)OCc1ccccc1)c1ccccc1. The number of hydrogen-bond acceptors (Lipinski definition) is 5. The molecule has 6 nitrogen and oxygen atoms in total. The standard InChI is InChI=1S/C20H23NO5/c1-2-25-19(23)18(22)13-17(16-11-7-4-8-12-16)21-20(24)26-14-15-9-5-3-6-10-15/h3-12,17-18,22H,2,13-14H2,1H3,(H,21,24)/t17-,18+/m1/s1. The molecular weight excluding hydrogens is 334 g/mol. The summed E-state index contributed by atoms with van der Waals surface area (Å²) in [6.45, 7) is 1.98. The van der Waals surface area contributed by atoms with E-state index in [1.54, 1.807) is 19.1 Å². The second kappa shape index (κ2) is 10.2. The van der Waals surface area contributed by atoms with Crippen molar-refractivity contribution in [1.82, 2.24) is 5.32 Å². The fourth-order valence-corrected chi connectivity index (χ4v) is 2.43. The predicted octanol–water partition coefficient (Wildman–Crippen LogP) is 2.97. The summed E-state index contributed by atoms with van der Waals surface area (Å²) >= 11 is 0. The number of nitrogens with one attached hydrogen (secondary N) is 1. The van der Waals surface area contributed by atoms with Crippen LogP contribution in [0.15, 0.2) is 60.7 Å². The molecular formula is C20H23NO5. The molecule has 0 aromatic heterocycles. The molecule has 2 N–H and O–H groups in total. The Morgan fingerprint density at radius 2 is 1.62 bits per heavy atom. The monoisotopic (exact) mass is 357 g/mol. The van der Waals surface area contributed by atoms with Gasteiger partial charge in [-0.2, -0.15) is 0 Å². The topological polar surface area (TPSA) is 84.9 Å². The van der Waals surface area contributed by atoms with E-state index in [0.29, 0.717) is 0 Å². The van der Waals surface area contributed by atoms with E-state index < -0.39 is 24.2 Å². The van der Waals surface area contributed by atoms with Crippen LogP contribution in [-0.4, -0.2) is 29.9 Å². The maximum absolute atomic E-state index is 12.1. The third-order valence-corrected chi connectivity index (χ3v) is 3.72. The average Bonchev–Trinajstić information content (AvgIpc) is 2.67. The summed E-state index contributed by atoms with van der Waals surface area (Å²) in [5.74, 6) is -0.715. The lowest BCUT2D eigenvalue weighted by molar-refractivity contribution is -0.153. The molecule has 2 rings (SSSR count). The van der Waals surface area contributed by atoms with Crippen LogP contribution in [0.1, 0.15) is 30.5 Å². The highest BCUT2D eigenvalue weighted by Crippen LogP contribution is 2.19. The number of aliphatic hydroxyl groups is 1. The van der Waals surface area contributed by atoms with Crippen LogP contribution in [0, 0.1) is 0 Å². The fourth-order valence-electron chi connectivity index (χ4n) is 2.43. The van der Waals surface area contributed by atoms with Crippen LogP contribution in [0.4, 0.5) is 4.79 Å². The van der Waals surface area contributed by atoms with Gasteiger partial charge in [0, 0.05) is 6.42 Å². The van der Waals surface area contributed by atoms with Crippen molar-refractivity contribution >= 4 is 12.1 Å². The molecule has 1 amide bonds. The van der Waals surface area contributed by atoms with E-state index in [2.05, 4.69) is 5.32 Å². The van der Waals surface area contributed by atoms with Crippen LogP contribution in [0.3, 0.4) is 0 Å². The Kier molecular flexibility index (Phi) is 7.64. The first-order valence-electron chi connectivity index (χ1n) is 8.47. The Balaban J connectivity index is 1.99. The highest BCUT2D eigenvalue weighted by Gasteiger charge is 2.24. The van der Waals surface area contributed by atoms with Gasteiger partial charge in [0.15, 0.2) is 6.10 Å². The molecule has 0 radical (unpaired) electrons. The van der Waals surface area contributed by atoms with Crippen molar-refractivity contribution in [2.24, 2.45) is 0 Å². The van der Waals surface area contributed by atoms with Crippen molar-refractivity contribution < 1.29 is 24.2 Å². The van der Waals surface area contributed by atoms with Gasteiger partial charge in [0.2, 0.25) is 0 Å². The number of carbonyl (C=O) groups excluding carboxylic acids is 2. The minimum absolute atomic E-state index is 0.0106. The summed E-state index contributed by atoms with van der Waals surface area (Å²) < 4.78 is 10.0. The van der Waals surface area contributed by atoms with Crippen LogP contribution in [0.2, 0.25) is 0 Å². The minimum Gasteiger partial charge on any atom is -0.464 e. The van der Waals surface area contributed by atoms with E-state index in [9.17, 15) is 14.7 Å². The van der Waals surface area contributed by atoms with Crippen LogP contribution in [0.25, 0.3) is 0 Å². The zero-order valence-corrected chi connectivity index (χ0v) is 14.6. The number of aliphatic hydroxyl groups excluding tert-OH is 1. The Labute approximate surface area is 152 Å². The van der Waals surface area contributed by atoms with Gasteiger partial charge in [0.05, 0.1) is 12.6 Å². The first-order chi connectivity index (χ1) is 12.6. The number of hydrogen-bond donors (Lipinski definition) is 2. The lowest BCUT2D eigenvalue weighted by Crippen LogP contribution is -2.34. The molecule has 0 saturated heterocycles. The molecule has 0 fully saturated rings. The molecule has 0 unspecified atom stereocenters. The maximum Gasteiger partial charge on any atom is 0.407 e. The molecule has 0 heterocycles. The number of amides is 1. The Hall–Kier alpha value is -2.86. The lowest BCUT2D eigenvalue weighted by Gasteiger charge is -2.21. The summed E-state index contributed by atoms with van der Waals surface area (Å²) in [7, 11) is 0. The lowest BCUT2D eigenvalue weighted by atomic mass is 10.0. The first kappa shape index (κ1) is 19.5. The molecule has 0 aliphatic rings. The zero-order valence-electron chi connectivity index (χ0n) is 14.6. The highest BCUT2D eigenvalue weighted by molar-refractivity contribution is 5.74. The number of carbonyl (C=O) groups is 2. The molecule has 0 aliphatic heterocycles. The summed E-state index contributed by atoms with van der Waals surface area (Å²) in [6, 6.07) is 17.8. The van der Waals surface area contributed by atoms with E-state index in [1.165, 1.54) is 0 Å². The van der Waals surface area contributed by atoms with Crippen LogP contribution in [0.5, 0.6) is 0 Å². The van der Waals surface area contributed by atoms with Gasteiger partial charge < -0.3 is 19.9 Å². The summed E-state index contributed by atoms with van der Waals surface area (Å²) in [5, 5.41) is 12.7. The van der Waals surface area contributed by atoms with Crippen molar-refractivity contribution in [2.75, 3.05) is 6.61 Å². The van der Waals surface area contributed by atoms with Gasteiger partial charge in [0.1, 0.15) is 6.61 Å². The minimum atomic E-state index is -1.34. The largest absolute Gasteiger partial charge is 0.464 e. The number of alkyl carbamates (subject to hydrolysis) is 1. The van der Waals surface area contributed by atoms with Gasteiger partial charge in [-0.05, 0) is 18.1 Å². The smallest absolute Gasteiger partial charge is 0.407 e. The van der Waals surface area contributed by atoms with Crippen molar-refractivity contribution in [3.8, 4) is 0 Å². The first-order valence-corrected chi connectivity index (χ1v) is 8.47. The van der Waals surface area contributed by atoms with Gasteiger partial charge >= 0.3 is 12.1 Å². The quantitative estimate of drug-likeness (QED) is 0.710. The van der Waals surface area contributed by atoms with Crippen LogP contribution in [-0.2, 0) is 20.9 Å². The van der Waals surface area contributed by atoms with E-state index in [-0.39, 0.29) is 19.6 Å². The second-order valence-electron chi connectivity index (χ2n) is 5.67. The molecule has 2 atom stereocenters. The van der Waals surface area contributed by atoms with E-state index in [4.69, 9.17) is 9.47 Å². The number of benzene rings is 2. The third-order valence-electron chi connectivity index (χ3n) is 3.72. The van der Waals surface area contributed by atoms with Crippen molar-refractivity contribution in [2.45, 2.75) is 32.1 Å². The molecule has 0 bridgehead atoms. The normalized spacial score (nSPS) is 12.7. The molecule has 0 aliphatic carbocycles. The molecule has 0 saturated carbocycles. The maximum atomic E-state index is 12.1. The molecule has 2 aromatic carbocycles. The van der Waals surface area contributed by atoms with E-state index in [1.807, 2.05) is 48.5 Å². The van der Waals surface area contributed by atoms with Crippen molar-refractivity contribution in [3.05, 3.63) is 71.8 Å². The molecule has 0 spiro atoms. The van der Waals surface area contributed by atoms with Crippen LogP contribution < -0.4 is 5.32 Å². The van der Waals surface area contributed by atoms with Gasteiger partial charge in [-0.25, -0.2) is 9.59 Å². The number of rotatable bonds is 8.